The summed E-state index contributed by atoms with van der Waals surface area (Å²) in [5.74, 6) is 0. The Morgan fingerprint density at radius 3 is 2.76 bits per heavy atom. The van der Waals surface area contributed by atoms with Crippen LogP contribution in [0.2, 0.25) is 0 Å². The molecule has 1 N–H and O–H groups in total. The van der Waals surface area contributed by atoms with E-state index in [4.69, 9.17) is 0 Å². The van der Waals surface area contributed by atoms with E-state index in [9.17, 15) is 0 Å². The Bertz CT molecular complexity index is 566. The minimum absolute atomic E-state index is 0.321. The van der Waals surface area contributed by atoms with Gasteiger partial charge in [-0.3, -0.25) is 0 Å². The molecule has 1 aromatic heterocycles. The first-order valence-corrected chi connectivity index (χ1v) is 8.93. The van der Waals surface area contributed by atoms with Crippen molar-refractivity contribution in [2.45, 2.75) is 33.4 Å². The maximum Gasteiger partial charge on any atom is 0.185 e. The average Bonchev–Trinajstić information content (AvgIpc) is 2.95. The predicted octanol–water partition coefficient (Wildman–Crippen LogP) is 4.60. The number of nitrogens with one attached hydrogen (secondary N) is 1. The Morgan fingerprint density at radius 1 is 1.33 bits per heavy atom. The molecule has 2 aromatic rings. The lowest BCUT2D eigenvalue weighted by atomic mass is 10.1. The van der Waals surface area contributed by atoms with Crippen molar-refractivity contribution in [1.29, 1.82) is 0 Å². The molecule has 0 aliphatic rings. The van der Waals surface area contributed by atoms with E-state index in [1.54, 1.807) is 11.3 Å². The number of aromatic nitrogens is 1. The van der Waals surface area contributed by atoms with Crippen molar-refractivity contribution in [1.82, 2.24) is 10.3 Å². The van der Waals surface area contributed by atoms with Crippen LogP contribution >= 0.6 is 27.3 Å². The van der Waals surface area contributed by atoms with Crippen LogP contribution in [0.25, 0.3) is 0 Å². The number of anilines is 1. The molecule has 0 saturated heterocycles. The predicted molar refractivity (Wildman–Crippen MR) is 95.1 cm³/mol. The molecule has 0 aliphatic carbocycles. The molecule has 1 heterocycles. The lowest BCUT2D eigenvalue weighted by Gasteiger charge is -2.16. The third kappa shape index (κ3) is 4.53. The maximum absolute atomic E-state index is 4.52. The van der Waals surface area contributed by atoms with Crippen LogP contribution in [0.4, 0.5) is 5.13 Å². The molecule has 2 rings (SSSR count). The summed E-state index contributed by atoms with van der Waals surface area (Å²) in [6, 6.07) is 8.75. The molecule has 5 heteroatoms. The minimum Gasteiger partial charge on any atom is -0.349 e. The molecule has 1 atom stereocenters. The molecule has 114 valence electrons. The van der Waals surface area contributed by atoms with E-state index in [1.807, 2.05) is 6.20 Å². The van der Waals surface area contributed by atoms with Crippen LogP contribution in [-0.2, 0) is 6.54 Å². The molecule has 0 saturated carbocycles. The number of rotatable bonds is 7. The van der Waals surface area contributed by atoms with Gasteiger partial charge >= 0.3 is 0 Å². The first kappa shape index (κ1) is 16.5. The smallest absolute Gasteiger partial charge is 0.185 e. The van der Waals surface area contributed by atoms with Crippen molar-refractivity contribution in [2.75, 3.05) is 18.0 Å². The topological polar surface area (TPSA) is 28.2 Å². The molecular weight excluding hydrogens is 346 g/mol. The molecule has 0 radical (unpaired) electrons. The molecular formula is C16H22BrN3S. The Hall–Kier alpha value is -0.910. The van der Waals surface area contributed by atoms with Gasteiger partial charge in [0.05, 0.1) is 0 Å². The van der Waals surface area contributed by atoms with E-state index in [0.717, 1.165) is 29.2 Å². The van der Waals surface area contributed by atoms with Gasteiger partial charge in [0.25, 0.3) is 0 Å². The largest absolute Gasteiger partial charge is 0.349 e. The minimum atomic E-state index is 0.321. The highest BCUT2D eigenvalue weighted by molar-refractivity contribution is 9.10. The molecule has 21 heavy (non-hydrogen) atoms. The van der Waals surface area contributed by atoms with Crippen molar-refractivity contribution in [2.24, 2.45) is 0 Å². The first-order valence-electron chi connectivity index (χ1n) is 7.32. The highest BCUT2D eigenvalue weighted by atomic mass is 79.9. The van der Waals surface area contributed by atoms with Gasteiger partial charge in [0.2, 0.25) is 0 Å². The van der Waals surface area contributed by atoms with Gasteiger partial charge in [-0.25, -0.2) is 4.98 Å². The van der Waals surface area contributed by atoms with Gasteiger partial charge in [-0.1, -0.05) is 28.1 Å². The van der Waals surface area contributed by atoms with E-state index in [2.05, 4.69) is 76.2 Å². The van der Waals surface area contributed by atoms with Crippen LogP contribution in [-0.4, -0.2) is 18.1 Å². The molecule has 0 bridgehead atoms. The molecule has 0 amide bonds. The van der Waals surface area contributed by atoms with Gasteiger partial charge in [-0.2, -0.15) is 0 Å². The number of thiazole rings is 1. The zero-order valence-electron chi connectivity index (χ0n) is 12.8. The van der Waals surface area contributed by atoms with E-state index < -0.39 is 0 Å². The van der Waals surface area contributed by atoms with Crippen LogP contribution in [0.15, 0.2) is 34.9 Å². The lowest BCUT2D eigenvalue weighted by Crippen LogP contribution is -2.21. The lowest BCUT2D eigenvalue weighted by molar-refractivity contribution is 0.578. The zero-order chi connectivity index (χ0) is 15.2. The zero-order valence-corrected chi connectivity index (χ0v) is 15.2. The third-order valence-electron chi connectivity index (χ3n) is 3.51. The monoisotopic (exact) mass is 367 g/mol. The van der Waals surface area contributed by atoms with E-state index in [1.165, 1.54) is 10.4 Å². The fourth-order valence-corrected chi connectivity index (χ4v) is 3.57. The first-order chi connectivity index (χ1) is 10.1. The molecule has 0 unspecified atom stereocenters. The fraction of sp³-hybridized carbons (Fsp3) is 0.438. The molecule has 3 nitrogen and oxygen atoms in total. The quantitative estimate of drug-likeness (QED) is 0.774. The summed E-state index contributed by atoms with van der Waals surface area (Å²) in [5, 5.41) is 4.68. The number of hydrogen-bond acceptors (Lipinski definition) is 4. The Kier molecular flexibility index (Phi) is 6.21. The summed E-state index contributed by atoms with van der Waals surface area (Å²) in [7, 11) is 0. The van der Waals surface area contributed by atoms with Crippen molar-refractivity contribution in [3.63, 3.8) is 0 Å². The average molecular weight is 368 g/mol. The molecule has 1 aromatic carbocycles. The second kappa shape index (κ2) is 7.92. The fourth-order valence-electron chi connectivity index (χ4n) is 2.17. The van der Waals surface area contributed by atoms with Crippen molar-refractivity contribution in [3.8, 4) is 0 Å². The second-order valence-electron chi connectivity index (χ2n) is 4.94. The molecule has 0 aliphatic heterocycles. The second-order valence-corrected chi connectivity index (χ2v) is 6.95. The number of benzene rings is 1. The highest BCUT2D eigenvalue weighted by Crippen LogP contribution is 2.23. The number of halogens is 1. The maximum atomic E-state index is 4.52. The van der Waals surface area contributed by atoms with Gasteiger partial charge in [0, 0.05) is 41.2 Å². The van der Waals surface area contributed by atoms with Crippen LogP contribution < -0.4 is 10.2 Å². The normalized spacial score (nSPS) is 12.4. The SMILES string of the molecule is CCN(CC)c1ncc(CN[C@H](C)c2cccc(Br)c2)s1. The van der Waals surface area contributed by atoms with E-state index in [-0.39, 0.29) is 0 Å². The van der Waals surface area contributed by atoms with Gasteiger partial charge in [-0.15, -0.1) is 11.3 Å². The van der Waals surface area contributed by atoms with Gasteiger partial charge in [0.1, 0.15) is 0 Å². The van der Waals surface area contributed by atoms with Crippen LogP contribution in [0, 0.1) is 0 Å². The standard InChI is InChI=1S/C16H22BrN3S/c1-4-20(5-2)16-19-11-15(21-16)10-18-12(3)13-7-6-8-14(17)9-13/h6-9,11-12,18H,4-5,10H2,1-3H3/t12-/m1/s1. The van der Waals surface area contributed by atoms with Crippen LogP contribution in [0.3, 0.4) is 0 Å². The van der Waals surface area contributed by atoms with Crippen molar-refractivity contribution >= 4 is 32.4 Å². The van der Waals surface area contributed by atoms with E-state index in [0.29, 0.717) is 6.04 Å². The van der Waals surface area contributed by atoms with Crippen molar-refractivity contribution in [3.05, 3.63) is 45.4 Å². The van der Waals surface area contributed by atoms with Gasteiger partial charge in [-0.05, 0) is 38.5 Å². The Labute approximate surface area is 139 Å². The van der Waals surface area contributed by atoms with Crippen LogP contribution in [0.5, 0.6) is 0 Å². The summed E-state index contributed by atoms with van der Waals surface area (Å²) >= 11 is 5.29. The number of nitrogens with zero attached hydrogens (tertiary/aromatic N) is 2. The summed E-state index contributed by atoms with van der Waals surface area (Å²) in [6.45, 7) is 9.38. The van der Waals surface area contributed by atoms with E-state index >= 15 is 0 Å². The Balaban J connectivity index is 1.94. The third-order valence-corrected chi connectivity index (χ3v) is 5.06. The Morgan fingerprint density at radius 2 is 2.10 bits per heavy atom. The van der Waals surface area contributed by atoms with Gasteiger partial charge < -0.3 is 10.2 Å². The van der Waals surface area contributed by atoms with Crippen molar-refractivity contribution < 1.29 is 0 Å². The summed E-state index contributed by atoms with van der Waals surface area (Å²) in [4.78, 5) is 8.08. The summed E-state index contributed by atoms with van der Waals surface area (Å²) in [6.07, 6.45) is 1.99. The molecule has 0 fully saturated rings. The molecule has 0 spiro atoms. The summed E-state index contributed by atoms with van der Waals surface area (Å²) < 4.78 is 1.12. The number of hydrogen-bond donors (Lipinski definition) is 1. The van der Waals surface area contributed by atoms with Gasteiger partial charge in [0.15, 0.2) is 5.13 Å². The summed E-state index contributed by atoms with van der Waals surface area (Å²) in [5.41, 5.74) is 1.29. The van der Waals surface area contributed by atoms with Crippen LogP contribution in [0.1, 0.15) is 37.3 Å². The highest BCUT2D eigenvalue weighted by Gasteiger charge is 2.09.